The van der Waals surface area contributed by atoms with E-state index in [1.54, 1.807) is 23.1 Å². The van der Waals surface area contributed by atoms with Gasteiger partial charge in [0.25, 0.3) is 0 Å². The normalized spacial score (nSPS) is 19.1. The van der Waals surface area contributed by atoms with Crippen molar-refractivity contribution >= 4 is 17.6 Å². The Morgan fingerprint density at radius 2 is 2.19 bits per heavy atom. The molecule has 2 aliphatic heterocycles. The molecule has 1 amide bonds. The maximum atomic E-state index is 12.4. The summed E-state index contributed by atoms with van der Waals surface area (Å²) < 4.78 is 11.5. The van der Waals surface area contributed by atoms with E-state index in [-0.39, 0.29) is 5.91 Å². The van der Waals surface area contributed by atoms with Gasteiger partial charge in [-0.15, -0.1) is 6.58 Å². The number of hydrogen-bond donors (Lipinski definition) is 1. The first-order valence-corrected chi connectivity index (χ1v) is 9.59. The highest BCUT2D eigenvalue weighted by molar-refractivity contribution is 5.98. The van der Waals surface area contributed by atoms with E-state index in [0.717, 1.165) is 32.5 Å². The number of anilines is 1. The van der Waals surface area contributed by atoms with Crippen LogP contribution in [0, 0.1) is 5.92 Å². The average Bonchev–Trinajstić information content (AvgIpc) is 3.10. The fraction of sp³-hybridized carbons (Fsp3) is 0.524. The van der Waals surface area contributed by atoms with Crippen LogP contribution in [0.5, 0.6) is 5.75 Å². The number of benzene rings is 1. The van der Waals surface area contributed by atoms with Gasteiger partial charge in [0.15, 0.2) is 0 Å². The van der Waals surface area contributed by atoms with Crippen LogP contribution in [-0.4, -0.2) is 43.3 Å². The molecule has 0 spiro atoms. The van der Waals surface area contributed by atoms with Gasteiger partial charge in [0, 0.05) is 26.2 Å². The molecule has 1 atom stereocenters. The number of nitrogens with zero attached hydrogens (tertiary/aromatic N) is 1. The molecule has 2 heterocycles. The number of amides is 1. The first-order chi connectivity index (χ1) is 13.1. The van der Waals surface area contributed by atoms with Crippen LogP contribution >= 0.6 is 0 Å². The van der Waals surface area contributed by atoms with Crippen LogP contribution in [0.4, 0.5) is 5.69 Å². The minimum absolute atomic E-state index is 0.0149. The Balaban J connectivity index is 1.93. The molecule has 2 fully saturated rings. The van der Waals surface area contributed by atoms with E-state index in [2.05, 4.69) is 6.58 Å². The molecular weight excluding hydrogens is 346 g/mol. The number of carbonyl (C=O) groups is 2. The summed E-state index contributed by atoms with van der Waals surface area (Å²) in [7, 11) is 0. The number of carboxylic acid groups (broad SMARTS) is 1. The molecule has 2 aliphatic rings. The number of para-hydroxylation sites is 1. The number of carboxylic acids is 1. The molecule has 0 radical (unpaired) electrons. The number of hydrogen-bond acceptors (Lipinski definition) is 4. The highest BCUT2D eigenvalue weighted by Crippen LogP contribution is 2.40. The number of rotatable bonds is 8. The maximum Gasteiger partial charge on any atom is 0.311 e. The predicted molar refractivity (Wildman–Crippen MR) is 102 cm³/mol. The Morgan fingerprint density at radius 3 is 2.81 bits per heavy atom. The molecule has 0 saturated carbocycles. The molecule has 0 aliphatic carbocycles. The van der Waals surface area contributed by atoms with E-state index in [9.17, 15) is 14.7 Å². The fourth-order valence-electron chi connectivity index (χ4n) is 3.76. The van der Waals surface area contributed by atoms with Gasteiger partial charge in [-0.05, 0) is 43.2 Å². The maximum absolute atomic E-state index is 12.4. The van der Waals surface area contributed by atoms with Crippen LogP contribution in [0.15, 0.2) is 30.9 Å². The van der Waals surface area contributed by atoms with Crippen molar-refractivity contribution < 1.29 is 24.2 Å². The van der Waals surface area contributed by atoms with Crippen molar-refractivity contribution in [1.29, 1.82) is 0 Å². The van der Waals surface area contributed by atoms with Crippen molar-refractivity contribution in [2.75, 3.05) is 31.3 Å². The summed E-state index contributed by atoms with van der Waals surface area (Å²) in [5, 5.41) is 9.71. The van der Waals surface area contributed by atoms with Crippen molar-refractivity contribution in [3.63, 3.8) is 0 Å². The topological polar surface area (TPSA) is 76.1 Å². The van der Waals surface area contributed by atoms with E-state index in [1.165, 1.54) is 0 Å². The van der Waals surface area contributed by atoms with Crippen LogP contribution in [0.1, 0.15) is 43.6 Å². The Kier molecular flexibility index (Phi) is 6.50. The largest absolute Gasteiger partial charge is 0.491 e. The molecule has 1 N–H and O–H groups in total. The standard InChI is InChI=1S/C21H27NO5/c1-2-5-17(21(24)25)16-6-3-7-18(20(16)22-11-4-8-19(22)23)27-14-15-9-12-26-13-10-15/h2-3,6-7,15,17H,1,4-5,8-14H2,(H,24,25). The highest BCUT2D eigenvalue weighted by atomic mass is 16.5. The summed E-state index contributed by atoms with van der Waals surface area (Å²) in [4.78, 5) is 26.0. The first-order valence-electron chi connectivity index (χ1n) is 9.59. The van der Waals surface area contributed by atoms with Crippen LogP contribution < -0.4 is 9.64 Å². The van der Waals surface area contributed by atoms with Gasteiger partial charge in [-0.3, -0.25) is 9.59 Å². The number of aliphatic carboxylic acids is 1. The summed E-state index contributed by atoms with van der Waals surface area (Å²) >= 11 is 0. The van der Waals surface area contributed by atoms with Crippen molar-refractivity contribution in [2.45, 2.75) is 38.0 Å². The third kappa shape index (κ3) is 4.50. The fourth-order valence-corrected chi connectivity index (χ4v) is 3.76. The molecule has 27 heavy (non-hydrogen) atoms. The summed E-state index contributed by atoms with van der Waals surface area (Å²) in [6, 6.07) is 5.42. The molecule has 0 bridgehead atoms. The second kappa shape index (κ2) is 9.04. The van der Waals surface area contributed by atoms with Crippen molar-refractivity contribution in [3.8, 4) is 5.75 Å². The molecule has 1 unspecified atom stereocenters. The van der Waals surface area contributed by atoms with Gasteiger partial charge >= 0.3 is 5.97 Å². The molecule has 146 valence electrons. The van der Waals surface area contributed by atoms with E-state index in [1.807, 2.05) is 6.07 Å². The molecular formula is C21H27NO5. The lowest BCUT2D eigenvalue weighted by Crippen LogP contribution is -2.28. The molecule has 0 aromatic heterocycles. The van der Waals surface area contributed by atoms with Crippen LogP contribution in [0.2, 0.25) is 0 Å². The summed E-state index contributed by atoms with van der Waals surface area (Å²) in [6.07, 6.45) is 5.05. The van der Waals surface area contributed by atoms with Crippen LogP contribution in [-0.2, 0) is 14.3 Å². The van der Waals surface area contributed by atoms with Crippen LogP contribution in [0.3, 0.4) is 0 Å². The molecule has 1 aromatic rings. The summed E-state index contributed by atoms with van der Waals surface area (Å²) in [5.41, 5.74) is 1.23. The van der Waals surface area contributed by atoms with Gasteiger partial charge in [0.1, 0.15) is 5.75 Å². The molecule has 6 nitrogen and oxygen atoms in total. The SMILES string of the molecule is C=CCC(C(=O)O)c1cccc(OCC2CCOCC2)c1N1CCCC1=O. The summed E-state index contributed by atoms with van der Waals surface area (Å²) in [6.45, 7) is 6.30. The van der Waals surface area contributed by atoms with Gasteiger partial charge < -0.3 is 19.5 Å². The van der Waals surface area contributed by atoms with E-state index >= 15 is 0 Å². The lowest BCUT2D eigenvalue weighted by atomic mass is 9.93. The molecule has 3 rings (SSSR count). The highest BCUT2D eigenvalue weighted by Gasteiger charge is 2.31. The Labute approximate surface area is 159 Å². The van der Waals surface area contributed by atoms with Crippen molar-refractivity contribution in [1.82, 2.24) is 0 Å². The minimum atomic E-state index is -0.927. The zero-order valence-corrected chi connectivity index (χ0v) is 15.6. The van der Waals surface area contributed by atoms with E-state index < -0.39 is 11.9 Å². The van der Waals surface area contributed by atoms with Gasteiger partial charge in [-0.1, -0.05) is 18.2 Å². The number of carbonyl (C=O) groups excluding carboxylic acids is 1. The van der Waals surface area contributed by atoms with Gasteiger partial charge in [-0.2, -0.15) is 0 Å². The second-order valence-corrected chi connectivity index (χ2v) is 7.12. The first kappa shape index (κ1) is 19.4. The lowest BCUT2D eigenvalue weighted by molar-refractivity contribution is -0.138. The quantitative estimate of drug-likeness (QED) is 0.707. The molecule has 2 saturated heterocycles. The second-order valence-electron chi connectivity index (χ2n) is 7.12. The zero-order chi connectivity index (χ0) is 19.2. The summed E-state index contributed by atoms with van der Waals surface area (Å²) in [5.74, 6) is -0.666. The predicted octanol–water partition coefficient (Wildman–Crippen LogP) is 3.36. The lowest BCUT2D eigenvalue weighted by Gasteiger charge is -2.27. The van der Waals surface area contributed by atoms with Gasteiger partial charge in [0.05, 0.1) is 18.2 Å². The van der Waals surface area contributed by atoms with Gasteiger partial charge in [-0.25, -0.2) is 0 Å². The van der Waals surface area contributed by atoms with E-state index in [4.69, 9.17) is 9.47 Å². The number of allylic oxidation sites excluding steroid dienone is 1. The smallest absolute Gasteiger partial charge is 0.311 e. The minimum Gasteiger partial charge on any atom is -0.491 e. The Bertz CT molecular complexity index is 696. The third-order valence-corrected chi connectivity index (χ3v) is 5.26. The van der Waals surface area contributed by atoms with E-state index in [0.29, 0.717) is 48.9 Å². The zero-order valence-electron chi connectivity index (χ0n) is 15.6. The van der Waals surface area contributed by atoms with Crippen LogP contribution in [0.25, 0.3) is 0 Å². The van der Waals surface area contributed by atoms with Gasteiger partial charge in [0.2, 0.25) is 5.91 Å². The monoisotopic (exact) mass is 373 g/mol. The van der Waals surface area contributed by atoms with Crippen molar-refractivity contribution in [3.05, 3.63) is 36.4 Å². The van der Waals surface area contributed by atoms with Crippen molar-refractivity contribution in [2.24, 2.45) is 5.92 Å². The molecule has 6 heteroatoms. The average molecular weight is 373 g/mol. The Morgan fingerprint density at radius 1 is 1.41 bits per heavy atom. The number of ether oxygens (including phenoxy) is 2. The Hall–Kier alpha value is -2.34. The third-order valence-electron chi connectivity index (χ3n) is 5.26. The molecule has 1 aromatic carbocycles.